The number of hydrogen-bond acceptors (Lipinski definition) is 4. The topological polar surface area (TPSA) is 58.6 Å². The molecule has 0 aliphatic rings. The van der Waals surface area contributed by atoms with Gasteiger partial charge in [0.05, 0.1) is 12.1 Å². The number of hydrogen-bond donors (Lipinski definition) is 1. The van der Waals surface area contributed by atoms with Crippen molar-refractivity contribution in [2.75, 3.05) is 27.7 Å². The van der Waals surface area contributed by atoms with E-state index in [4.69, 9.17) is 16.3 Å². The van der Waals surface area contributed by atoms with Crippen molar-refractivity contribution in [3.05, 3.63) is 58.6 Å². The van der Waals surface area contributed by atoms with Crippen LogP contribution < -0.4 is 9.46 Å². The Hall–Kier alpha value is -1.60. The molecule has 2 aromatic carbocycles. The summed E-state index contributed by atoms with van der Waals surface area (Å²) in [7, 11) is 1.70. The van der Waals surface area contributed by atoms with Crippen molar-refractivity contribution in [2.45, 2.75) is 17.9 Å². The smallest absolute Gasteiger partial charge is 0.242 e. The Bertz CT molecular complexity index is 838. The third kappa shape index (κ3) is 4.95. The molecule has 25 heavy (non-hydrogen) atoms. The van der Waals surface area contributed by atoms with Crippen molar-refractivity contribution in [3.63, 3.8) is 0 Å². The van der Waals surface area contributed by atoms with E-state index in [2.05, 4.69) is 4.72 Å². The number of ether oxygens (including phenoxy) is 1. The highest BCUT2D eigenvalue weighted by molar-refractivity contribution is 7.89. The Morgan fingerprint density at radius 2 is 1.92 bits per heavy atom. The predicted octanol–water partition coefficient (Wildman–Crippen LogP) is 3.24. The number of nitrogens with zero attached hydrogens (tertiary/aromatic N) is 1. The molecule has 0 amide bonds. The van der Waals surface area contributed by atoms with Gasteiger partial charge in [-0.1, -0.05) is 29.8 Å². The van der Waals surface area contributed by atoms with Crippen LogP contribution in [0.3, 0.4) is 0 Å². The Kier molecular flexibility index (Phi) is 6.46. The summed E-state index contributed by atoms with van der Waals surface area (Å²) in [6.07, 6.45) is 0. The zero-order chi connectivity index (χ0) is 18.6. The summed E-state index contributed by atoms with van der Waals surface area (Å²) < 4.78 is 33.1. The van der Waals surface area contributed by atoms with Crippen LogP contribution in [0.2, 0.25) is 5.02 Å². The van der Waals surface area contributed by atoms with Crippen LogP contribution in [0.15, 0.2) is 47.4 Å². The molecule has 1 atom stereocenters. The summed E-state index contributed by atoms with van der Waals surface area (Å²) >= 11 is 6.10. The molecular weight excluding hydrogens is 360 g/mol. The van der Waals surface area contributed by atoms with E-state index in [0.29, 0.717) is 0 Å². The van der Waals surface area contributed by atoms with Crippen LogP contribution in [0.1, 0.15) is 17.2 Å². The second kappa shape index (κ2) is 8.19. The largest absolute Gasteiger partial charge is 0.497 e. The first kappa shape index (κ1) is 19.7. The van der Waals surface area contributed by atoms with Gasteiger partial charge in [0.2, 0.25) is 10.0 Å². The monoisotopic (exact) mass is 382 g/mol. The summed E-state index contributed by atoms with van der Waals surface area (Å²) in [5.74, 6) is 0.730. The Morgan fingerprint density at radius 1 is 1.20 bits per heavy atom. The highest BCUT2D eigenvalue weighted by Gasteiger charge is 2.22. The number of rotatable bonds is 7. The first-order valence-corrected chi connectivity index (χ1v) is 9.67. The molecule has 0 unspecified atom stereocenters. The molecule has 0 spiro atoms. The van der Waals surface area contributed by atoms with Crippen LogP contribution in [0.25, 0.3) is 0 Å². The van der Waals surface area contributed by atoms with Gasteiger partial charge in [0.25, 0.3) is 0 Å². The molecule has 0 aliphatic heterocycles. The lowest BCUT2D eigenvalue weighted by atomic mass is 10.1. The second-order valence-electron chi connectivity index (χ2n) is 6.04. The van der Waals surface area contributed by atoms with Crippen LogP contribution in [-0.2, 0) is 10.0 Å². The minimum Gasteiger partial charge on any atom is -0.497 e. The highest BCUT2D eigenvalue weighted by Crippen LogP contribution is 2.25. The molecule has 2 rings (SSSR count). The number of likely N-dealkylation sites (N-methyl/N-ethyl adjacent to an activating group) is 1. The summed E-state index contributed by atoms with van der Waals surface area (Å²) in [5.41, 5.74) is 1.87. The summed E-state index contributed by atoms with van der Waals surface area (Å²) in [6.45, 7) is 2.08. The molecule has 0 saturated heterocycles. The fourth-order valence-corrected chi connectivity index (χ4v) is 4.17. The van der Waals surface area contributed by atoms with E-state index in [1.165, 1.54) is 6.07 Å². The fourth-order valence-electron chi connectivity index (χ4n) is 2.54. The standard InChI is InChI=1S/C18H23ClN2O3S/c1-13-8-9-18(16(19)10-13)25(22,23)20-12-17(21(2)3)14-6-5-7-15(11-14)24-4/h5-11,17,20H,12H2,1-4H3/t17-/m1/s1. The van der Waals surface area contributed by atoms with E-state index in [1.54, 1.807) is 19.2 Å². The van der Waals surface area contributed by atoms with Gasteiger partial charge in [-0.05, 0) is 56.4 Å². The maximum Gasteiger partial charge on any atom is 0.242 e. The van der Waals surface area contributed by atoms with Gasteiger partial charge in [-0.2, -0.15) is 0 Å². The summed E-state index contributed by atoms with van der Waals surface area (Å²) in [5, 5.41) is 0.218. The van der Waals surface area contributed by atoms with Crippen molar-refractivity contribution in [3.8, 4) is 5.75 Å². The van der Waals surface area contributed by atoms with E-state index in [9.17, 15) is 8.42 Å². The van der Waals surface area contributed by atoms with Crippen molar-refractivity contribution in [2.24, 2.45) is 0 Å². The minimum absolute atomic E-state index is 0.0860. The van der Waals surface area contributed by atoms with Crippen LogP contribution in [0.5, 0.6) is 5.75 Å². The fraction of sp³-hybridized carbons (Fsp3) is 0.333. The quantitative estimate of drug-likeness (QED) is 0.798. The zero-order valence-electron chi connectivity index (χ0n) is 14.8. The van der Waals surface area contributed by atoms with E-state index in [0.717, 1.165) is 16.9 Å². The lowest BCUT2D eigenvalue weighted by molar-refractivity contribution is 0.298. The van der Waals surface area contributed by atoms with Crippen molar-refractivity contribution >= 4 is 21.6 Å². The third-order valence-electron chi connectivity index (χ3n) is 3.95. The molecule has 0 heterocycles. The number of halogens is 1. The van der Waals surface area contributed by atoms with Crippen LogP contribution >= 0.6 is 11.6 Å². The maximum absolute atomic E-state index is 12.6. The molecule has 136 valence electrons. The second-order valence-corrected chi connectivity index (χ2v) is 8.18. The lowest BCUT2D eigenvalue weighted by Gasteiger charge is -2.25. The van der Waals surface area contributed by atoms with Crippen molar-refractivity contribution in [1.29, 1.82) is 0 Å². The molecule has 0 fully saturated rings. The normalized spacial score (nSPS) is 13.0. The van der Waals surface area contributed by atoms with Crippen molar-refractivity contribution in [1.82, 2.24) is 9.62 Å². The van der Waals surface area contributed by atoms with Gasteiger partial charge in [0.15, 0.2) is 0 Å². The molecule has 5 nitrogen and oxygen atoms in total. The van der Waals surface area contributed by atoms with Crippen LogP contribution in [0.4, 0.5) is 0 Å². The number of methoxy groups -OCH3 is 1. The molecule has 0 radical (unpaired) electrons. The zero-order valence-corrected chi connectivity index (χ0v) is 16.4. The first-order chi connectivity index (χ1) is 11.7. The Morgan fingerprint density at radius 3 is 2.52 bits per heavy atom. The Balaban J connectivity index is 2.23. The molecule has 0 bridgehead atoms. The van der Waals surface area contributed by atoms with Gasteiger partial charge in [0.1, 0.15) is 10.6 Å². The minimum atomic E-state index is -3.70. The predicted molar refractivity (Wildman–Crippen MR) is 101 cm³/mol. The van der Waals surface area contributed by atoms with E-state index < -0.39 is 10.0 Å². The average Bonchev–Trinajstić information content (AvgIpc) is 2.54. The SMILES string of the molecule is COc1cccc([C@@H](CNS(=O)(=O)c2ccc(C)cc2Cl)N(C)C)c1. The van der Waals surface area contributed by atoms with Crippen LogP contribution in [0, 0.1) is 6.92 Å². The van der Waals surface area contributed by atoms with Gasteiger partial charge >= 0.3 is 0 Å². The highest BCUT2D eigenvalue weighted by atomic mass is 35.5. The summed E-state index contributed by atoms with van der Waals surface area (Å²) in [6, 6.07) is 12.3. The number of aryl methyl sites for hydroxylation is 1. The van der Waals surface area contributed by atoms with Gasteiger partial charge in [-0.3, -0.25) is 0 Å². The number of sulfonamides is 1. The number of benzene rings is 2. The van der Waals surface area contributed by atoms with E-state index >= 15 is 0 Å². The van der Waals surface area contributed by atoms with Crippen LogP contribution in [-0.4, -0.2) is 41.1 Å². The maximum atomic E-state index is 12.6. The van der Waals surface area contributed by atoms with Gasteiger partial charge in [0, 0.05) is 12.6 Å². The van der Waals surface area contributed by atoms with E-state index in [-0.39, 0.29) is 22.5 Å². The average molecular weight is 383 g/mol. The number of nitrogens with one attached hydrogen (secondary N) is 1. The van der Waals surface area contributed by atoms with E-state index in [1.807, 2.05) is 50.2 Å². The molecular formula is C18H23ClN2O3S. The van der Waals surface area contributed by atoms with Gasteiger partial charge in [-0.25, -0.2) is 13.1 Å². The molecule has 0 aliphatic carbocycles. The van der Waals surface area contributed by atoms with Gasteiger partial charge in [-0.15, -0.1) is 0 Å². The third-order valence-corrected chi connectivity index (χ3v) is 5.85. The molecule has 2 aromatic rings. The molecule has 0 saturated carbocycles. The lowest BCUT2D eigenvalue weighted by Crippen LogP contribution is -2.34. The molecule has 7 heteroatoms. The molecule has 1 N–H and O–H groups in total. The first-order valence-electron chi connectivity index (χ1n) is 7.81. The molecule has 0 aromatic heterocycles. The van der Waals surface area contributed by atoms with Crippen molar-refractivity contribution < 1.29 is 13.2 Å². The summed E-state index contributed by atoms with van der Waals surface area (Å²) in [4.78, 5) is 2.04. The Labute approximate surface area is 154 Å². The van der Waals surface area contributed by atoms with Gasteiger partial charge < -0.3 is 9.64 Å².